The fourth-order valence-corrected chi connectivity index (χ4v) is 3.02. The summed E-state index contributed by atoms with van der Waals surface area (Å²) in [6.45, 7) is 3.98. The molecular formula is C13H15N5O2S2. The summed E-state index contributed by atoms with van der Waals surface area (Å²) in [5, 5.41) is 13.4. The third kappa shape index (κ3) is 4.71. The van der Waals surface area contributed by atoms with Crippen molar-refractivity contribution in [2.45, 2.75) is 18.2 Å². The molecule has 1 aromatic heterocycles. The van der Waals surface area contributed by atoms with Crippen molar-refractivity contribution >= 4 is 45.9 Å². The normalized spacial score (nSPS) is 10.3. The van der Waals surface area contributed by atoms with Crippen LogP contribution in [0.5, 0.6) is 0 Å². The van der Waals surface area contributed by atoms with E-state index in [2.05, 4.69) is 20.8 Å². The van der Waals surface area contributed by atoms with E-state index < -0.39 is 11.9 Å². The van der Waals surface area contributed by atoms with Crippen molar-refractivity contribution < 1.29 is 9.59 Å². The van der Waals surface area contributed by atoms with E-state index in [4.69, 9.17) is 5.73 Å². The van der Waals surface area contributed by atoms with E-state index in [-0.39, 0.29) is 5.75 Å². The second-order valence-electron chi connectivity index (χ2n) is 4.51. The number of hydrogen-bond donors (Lipinski definition) is 3. The maximum absolute atomic E-state index is 11.9. The number of primary amides is 1. The highest BCUT2D eigenvalue weighted by Crippen LogP contribution is 2.25. The van der Waals surface area contributed by atoms with Crippen LogP contribution in [0.4, 0.5) is 15.6 Å². The van der Waals surface area contributed by atoms with Gasteiger partial charge < -0.3 is 11.1 Å². The van der Waals surface area contributed by atoms with E-state index in [9.17, 15) is 9.59 Å². The second-order valence-corrected chi connectivity index (χ2v) is 6.71. The number of aryl methyl sites for hydroxylation is 2. The largest absolute Gasteiger partial charge is 0.369 e. The highest BCUT2D eigenvalue weighted by atomic mass is 32.2. The molecular weight excluding hydrogens is 322 g/mol. The number of aromatic nitrogens is 2. The van der Waals surface area contributed by atoms with Crippen molar-refractivity contribution in [2.75, 3.05) is 16.4 Å². The Balaban J connectivity index is 1.91. The maximum Gasteiger partial charge on any atom is 0.325 e. The number of nitrogens with one attached hydrogen (secondary N) is 2. The summed E-state index contributed by atoms with van der Waals surface area (Å²) in [6.07, 6.45) is 0. The number of hydrogen-bond acceptors (Lipinski definition) is 6. The third-order valence-corrected chi connectivity index (χ3v) is 4.72. The molecule has 116 valence electrons. The summed E-state index contributed by atoms with van der Waals surface area (Å²) < 4.78 is 0.570. The Hall–Kier alpha value is -2.13. The van der Waals surface area contributed by atoms with Crippen LogP contribution in [0.2, 0.25) is 0 Å². The predicted octanol–water partition coefficient (Wildman–Crippen LogP) is 2.38. The molecule has 1 aromatic carbocycles. The third-order valence-electron chi connectivity index (χ3n) is 2.73. The molecule has 2 rings (SSSR count). The summed E-state index contributed by atoms with van der Waals surface area (Å²) in [7, 11) is 0. The Labute approximate surface area is 135 Å². The highest BCUT2D eigenvalue weighted by Gasteiger charge is 2.10. The van der Waals surface area contributed by atoms with E-state index in [1.165, 1.54) is 23.1 Å². The zero-order valence-electron chi connectivity index (χ0n) is 12.0. The average Bonchev–Trinajstić information content (AvgIpc) is 2.88. The molecule has 0 aliphatic heterocycles. The van der Waals surface area contributed by atoms with Crippen molar-refractivity contribution in [1.82, 2.24) is 10.2 Å². The molecule has 22 heavy (non-hydrogen) atoms. The first-order valence-electron chi connectivity index (χ1n) is 6.34. The second kappa shape index (κ2) is 7.23. The Kier molecular flexibility index (Phi) is 5.34. The Morgan fingerprint density at radius 1 is 1.23 bits per heavy atom. The SMILES string of the molecule is Cc1ccc(NC(=O)Nc2nnc(SCC(N)=O)s2)cc1C. The van der Waals surface area contributed by atoms with E-state index in [1.807, 2.05) is 32.0 Å². The van der Waals surface area contributed by atoms with Gasteiger partial charge >= 0.3 is 6.03 Å². The summed E-state index contributed by atoms with van der Waals surface area (Å²) >= 11 is 2.36. The van der Waals surface area contributed by atoms with Gasteiger partial charge in [-0.25, -0.2) is 4.79 Å². The molecule has 0 spiro atoms. The lowest BCUT2D eigenvalue weighted by Gasteiger charge is -2.07. The lowest BCUT2D eigenvalue weighted by Crippen LogP contribution is -2.19. The van der Waals surface area contributed by atoms with Crippen molar-refractivity contribution in [3.63, 3.8) is 0 Å². The number of amides is 3. The van der Waals surface area contributed by atoms with Gasteiger partial charge in [-0.1, -0.05) is 29.2 Å². The minimum Gasteiger partial charge on any atom is -0.369 e. The molecule has 0 atom stereocenters. The van der Waals surface area contributed by atoms with Crippen LogP contribution in [0.3, 0.4) is 0 Å². The molecule has 0 aliphatic rings. The number of carbonyl (C=O) groups excluding carboxylic acids is 2. The van der Waals surface area contributed by atoms with Crippen LogP contribution in [0, 0.1) is 13.8 Å². The van der Waals surface area contributed by atoms with Crippen molar-refractivity contribution in [1.29, 1.82) is 0 Å². The zero-order valence-corrected chi connectivity index (χ0v) is 13.7. The fraction of sp³-hybridized carbons (Fsp3) is 0.231. The number of benzene rings is 1. The van der Waals surface area contributed by atoms with Crippen LogP contribution in [0.1, 0.15) is 11.1 Å². The van der Waals surface area contributed by atoms with Crippen LogP contribution >= 0.6 is 23.1 Å². The summed E-state index contributed by atoms with van der Waals surface area (Å²) in [6, 6.07) is 5.26. The van der Waals surface area contributed by atoms with Crippen LogP contribution < -0.4 is 16.4 Å². The monoisotopic (exact) mass is 337 g/mol. The quantitative estimate of drug-likeness (QED) is 0.573. The van der Waals surface area contributed by atoms with Crippen molar-refractivity contribution in [3.05, 3.63) is 29.3 Å². The van der Waals surface area contributed by atoms with Gasteiger partial charge in [-0.3, -0.25) is 10.1 Å². The predicted molar refractivity (Wildman–Crippen MR) is 88.4 cm³/mol. The number of rotatable bonds is 5. The van der Waals surface area contributed by atoms with Crippen LogP contribution in [-0.4, -0.2) is 27.9 Å². The molecule has 4 N–H and O–H groups in total. The molecule has 0 bridgehead atoms. The summed E-state index contributed by atoms with van der Waals surface area (Å²) in [5.41, 5.74) is 8.01. The number of nitrogens with zero attached hydrogens (tertiary/aromatic N) is 2. The lowest BCUT2D eigenvalue weighted by atomic mass is 10.1. The number of anilines is 2. The molecule has 1 heterocycles. The number of thioether (sulfide) groups is 1. The number of carbonyl (C=O) groups is 2. The minimum absolute atomic E-state index is 0.128. The van der Waals surface area contributed by atoms with Gasteiger partial charge in [0.25, 0.3) is 0 Å². The molecule has 0 saturated heterocycles. The maximum atomic E-state index is 11.9. The zero-order chi connectivity index (χ0) is 16.1. The van der Waals surface area contributed by atoms with Crippen LogP contribution in [-0.2, 0) is 4.79 Å². The van der Waals surface area contributed by atoms with Crippen molar-refractivity contribution in [2.24, 2.45) is 5.73 Å². The van der Waals surface area contributed by atoms with Crippen LogP contribution in [0.25, 0.3) is 0 Å². The summed E-state index contributed by atoms with van der Waals surface area (Å²) in [5.74, 6) is -0.300. The topological polar surface area (TPSA) is 110 Å². The van der Waals surface area contributed by atoms with Crippen LogP contribution in [0.15, 0.2) is 22.5 Å². The Bertz CT molecular complexity index is 701. The molecule has 2 aromatic rings. The van der Waals surface area contributed by atoms with Gasteiger partial charge in [0.1, 0.15) is 0 Å². The summed E-state index contributed by atoms with van der Waals surface area (Å²) in [4.78, 5) is 22.6. The molecule has 7 nitrogen and oxygen atoms in total. The van der Waals surface area contributed by atoms with Gasteiger partial charge in [0.15, 0.2) is 4.34 Å². The minimum atomic E-state index is -0.429. The average molecular weight is 337 g/mol. The number of nitrogens with two attached hydrogens (primary N) is 1. The van der Waals surface area contributed by atoms with Gasteiger partial charge in [0.2, 0.25) is 11.0 Å². The molecule has 0 unspecified atom stereocenters. The standard InChI is InChI=1S/C13H15N5O2S2/c1-7-3-4-9(5-8(7)2)15-11(20)16-12-17-18-13(22-12)21-6-10(14)19/h3-5H,6H2,1-2H3,(H2,14,19)(H2,15,16,17,20). The Morgan fingerprint density at radius 3 is 2.68 bits per heavy atom. The first-order valence-corrected chi connectivity index (χ1v) is 8.14. The van der Waals surface area contributed by atoms with E-state index >= 15 is 0 Å². The van der Waals surface area contributed by atoms with Gasteiger partial charge in [-0.05, 0) is 37.1 Å². The lowest BCUT2D eigenvalue weighted by molar-refractivity contribution is -0.115. The van der Waals surface area contributed by atoms with Crippen molar-refractivity contribution in [3.8, 4) is 0 Å². The fourth-order valence-electron chi connectivity index (χ4n) is 1.53. The van der Waals surface area contributed by atoms with Gasteiger partial charge in [0.05, 0.1) is 5.75 Å². The van der Waals surface area contributed by atoms with E-state index in [0.717, 1.165) is 11.1 Å². The molecule has 3 amide bonds. The highest BCUT2D eigenvalue weighted by molar-refractivity contribution is 8.01. The molecule has 0 aliphatic carbocycles. The first kappa shape index (κ1) is 16.2. The number of urea groups is 1. The molecule has 0 fully saturated rings. The van der Waals surface area contributed by atoms with E-state index in [0.29, 0.717) is 15.2 Å². The van der Waals surface area contributed by atoms with Gasteiger partial charge in [-0.2, -0.15) is 0 Å². The molecule has 9 heteroatoms. The molecule has 0 saturated carbocycles. The Morgan fingerprint density at radius 2 is 2.00 bits per heavy atom. The molecule has 0 radical (unpaired) electrons. The van der Waals surface area contributed by atoms with E-state index in [1.54, 1.807) is 0 Å². The smallest absolute Gasteiger partial charge is 0.325 e. The van der Waals surface area contributed by atoms with Gasteiger partial charge in [0, 0.05) is 5.69 Å². The van der Waals surface area contributed by atoms with Gasteiger partial charge in [-0.15, -0.1) is 10.2 Å². The first-order chi connectivity index (χ1) is 10.4.